The van der Waals surface area contributed by atoms with Crippen LogP contribution in [-0.4, -0.2) is 15.8 Å². The summed E-state index contributed by atoms with van der Waals surface area (Å²) < 4.78 is 12.4. The van der Waals surface area contributed by atoms with E-state index in [2.05, 4.69) is 281 Å². The molecule has 2 aliphatic rings. The molecule has 0 aliphatic carbocycles. The van der Waals surface area contributed by atoms with Crippen LogP contribution < -0.4 is 21.3 Å². The molecule has 0 fully saturated rings. The van der Waals surface area contributed by atoms with Gasteiger partial charge in [0.25, 0.3) is 6.71 Å². The van der Waals surface area contributed by atoms with Gasteiger partial charge in [-0.2, -0.15) is 0 Å². The Morgan fingerprint density at radius 1 is 0.312 bits per heavy atom. The van der Waals surface area contributed by atoms with E-state index in [-0.39, 0.29) is 6.71 Å². The van der Waals surface area contributed by atoms with Crippen molar-refractivity contribution in [2.75, 3.05) is 4.90 Å². The van der Waals surface area contributed by atoms with Crippen LogP contribution in [0.25, 0.3) is 121 Å². The second kappa shape index (κ2) is 16.2. The molecule has 77 heavy (non-hydrogen) atoms. The summed E-state index contributed by atoms with van der Waals surface area (Å²) in [5.41, 5.74) is 25.0. The van der Waals surface area contributed by atoms with E-state index in [0.717, 1.165) is 78.1 Å². The van der Waals surface area contributed by atoms with E-state index in [4.69, 9.17) is 4.42 Å². The molecule has 0 bridgehead atoms. The number of hydrogen-bond donors (Lipinski definition) is 0. The summed E-state index contributed by atoms with van der Waals surface area (Å²) in [5.74, 6) is 0. The average molecular weight is 978 g/mol. The molecular formula is C72H44BN3O. The number of hydrogen-bond acceptors (Lipinski definition) is 2. The van der Waals surface area contributed by atoms with Gasteiger partial charge in [0.15, 0.2) is 5.58 Å². The van der Waals surface area contributed by atoms with Crippen LogP contribution in [0.3, 0.4) is 0 Å². The van der Waals surface area contributed by atoms with Crippen molar-refractivity contribution in [3.05, 3.63) is 267 Å². The number of para-hydroxylation sites is 6. The van der Waals surface area contributed by atoms with Crippen LogP contribution in [0.15, 0.2) is 271 Å². The molecule has 356 valence electrons. The molecule has 4 nitrogen and oxygen atoms in total. The fraction of sp³-hybridized carbons (Fsp3) is 0. The SMILES string of the molecule is c1ccc(-c2cccc(-c3cccc(-c4cccc(-c5ccccc5)c4)c3N3c4ccc(-n5c6ccccc6c6ccccc65)cc4B4c5c(cc6c(oc7ccccc76)c53)-n3c5ccccc5c5cccc4c53)c2)cc1. The van der Waals surface area contributed by atoms with E-state index in [1.165, 1.54) is 76.8 Å². The molecule has 0 amide bonds. The third-order valence-electron chi connectivity index (χ3n) is 16.7. The van der Waals surface area contributed by atoms with Crippen molar-refractivity contribution in [1.82, 2.24) is 9.13 Å². The molecule has 2 aliphatic heterocycles. The first-order valence-corrected chi connectivity index (χ1v) is 26.6. The van der Waals surface area contributed by atoms with Crippen molar-refractivity contribution in [2.45, 2.75) is 0 Å². The third kappa shape index (κ3) is 6.05. The van der Waals surface area contributed by atoms with Gasteiger partial charge >= 0.3 is 0 Å². The van der Waals surface area contributed by atoms with Gasteiger partial charge < -0.3 is 18.5 Å². The number of nitrogens with zero attached hydrogens (tertiary/aromatic N) is 3. The van der Waals surface area contributed by atoms with Crippen molar-refractivity contribution in [1.29, 1.82) is 0 Å². The first kappa shape index (κ1) is 42.3. The quantitative estimate of drug-likeness (QED) is 0.155. The number of fused-ring (bicyclic) bond motifs is 14. The number of aromatic nitrogens is 2. The zero-order valence-electron chi connectivity index (χ0n) is 41.7. The Hall–Kier alpha value is -10.1. The first-order valence-electron chi connectivity index (χ1n) is 26.6. The van der Waals surface area contributed by atoms with Crippen molar-refractivity contribution in [3.63, 3.8) is 0 Å². The lowest BCUT2D eigenvalue weighted by Crippen LogP contribution is -2.60. The van der Waals surface area contributed by atoms with E-state index in [1.54, 1.807) is 0 Å². The summed E-state index contributed by atoms with van der Waals surface area (Å²) in [6.07, 6.45) is 0. The second-order valence-electron chi connectivity index (χ2n) is 20.7. The predicted molar refractivity (Wildman–Crippen MR) is 323 cm³/mol. The minimum atomic E-state index is -0.157. The molecule has 12 aromatic carbocycles. The standard InChI is InChI=1S/C72H44BN3O/c1-3-19-45(20-4-1)47-23-15-25-49(41-47)52-31-17-32-53(50-26-16-24-48(42-50)46-21-5-2-6-22-46)69(52)76-65-40-39-51(74-62-35-11-7-27-54(62)55-28-8-12-36-63(55)74)43-61(65)73-60-34-18-33-58-56-29-9-13-37-64(56)75(70(58)60)66-44-59-57-30-10-14-38-67(57)77-72(59)71(76)68(66)73/h1-44H. The van der Waals surface area contributed by atoms with E-state index in [0.29, 0.717) is 0 Å². The topological polar surface area (TPSA) is 26.2 Å². The third-order valence-corrected chi connectivity index (χ3v) is 16.7. The molecule has 0 unspecified atom stereocenters. The Kier molecular flexibility index (Phi) is 8.90. The maximum Gasteiger partial charge on any atom is 0.252 e. The minimum absolute atomic E-state index is 0.157. The highest BCUT2D eigenvalue weighted by Gasteiger charge is 2.45. The maximum atomic E-state index is 7.39. The van der Waals surface area contributed by atoms with Crippen LogP contribution in [0.5, 0.6) is 0 Å². The van der Waals surface area contributed by atoms with E-state index in [1.807, 2.05) is 0 Å². The van der Waals surface area contributed by atoms with Gasteiger partial charge in [-0.1, -0.05) is 206 Å². The highest BCUT2D eigenvalue weighted by atomic mass is 16.3. The molecule has 17 rings (SSSR count). The molecule has 0 N–H and O–H groups in total. The molecule has 0 radical (unpaired) electrons. The summed E-state index contributed by atoms with van der Waals surface area (Å²) >= 11 is 0. The molecular weight excluding hydrogens is 934 g/mol. The molecule has 15 aromatic rings. The van der Waals surface area contributed by atoms with E-state index >= 15 is 0 Å². The van der Waals surface area contributed by atoms with Gasteiger partial charge in [0.05, 0.1) is 27.9 Å². The number of benzene rings is 12. The predicted octanol–water partition coefficient (Wildman–Crippen LogP) is 17.1. The highest BCUT2D eigenvalue weighted by molar-refractivity contribution is 7.00. The van der Waals surface area contributed by atoms with Crippen LogP contribution in [0, 0.1) is 0 Å². The normalized spacial score (nSPS) is 12.6. The molecule has 5 heteroatoms. The fourth-order valence-corrected chi connectivity index (χ4v) is 13.5. The number of furan rings is 1. The molecule has 0 atom stereocenters. The molecule has 5 heterocycles. The van der Waals surface area contributed by atoms with Crippen molar-refractivity contribution < 1.29 is 4.42 Å². The van der Waals surface area contributed by atoms with Crippen LogP contribution >= 0.6 is 0 Å². The van der Waals surface area contributed by atoms with Gasteiger partial charge in [-0.25, -0.2) is 0 Å². The monoisotopic (exact) mass is 977 g/mol. The maximum absolute atomic E-state index is 7.39. The van der Waals surface area contributed by atoms with Crippen LogP contribution in [0.1, 0.15) is 0 Å². The zero-order chi connectivity index (χ0) is 50.3. The largest absolute Gasteiger partial charge is 0.454 e. The smallest absolute Gasteiger partial charge is 0.252 e. The number of rotatable bonds is 6. The summed E-state index contributed by atoms with van der Waals surface area (Å²) in [5, 5.41) is 7.16. The van der Waals surface area contributed by atoms with Gasteiger partial charge in [-0.05, 0) is 110 Å². The van der Waals surface area contributed by atoms with Gasteiger partial charge in [0.1, 0.15) is 5.58 Å². The second-order valence-corrected chi connectivity index (χ2v) is 20.7. The molecule has 0 saturated heterocycles. The average Bonchev–Trinajstić information content (AvgIpc) is 4.31. The summed E-state index contributed by atoms with van der Waals surface area (Å²) in [6.45, 7) is -0.157. The Labute approximate surface area is 444 Å². The summed E-state index contributed by atoms with van der Waals surface area (Å²) in [7, 11) is 0. The Morgan fingerprint density at radius 3 is 1.47 bits per heavy atom. The lowest BCUT2D eigenvalue weighted by Gasteiger charge is -2.41. The van der Waals surface area contributed by atoms with Crippen molar-refractivity contribution >= 4 is 106 Å². The summed E-state index contributed by atoms with van der Waals surface area (Å²) in [6, 6.07) is 98.5. The lowest BCUT2D eigenvalue weighted by molar-refractivity contribution is 0.669. The molecule has 0 saturated carbocycles. The van der Waals surface area contributed by atoms with Gasteiger partial charge in [-0.3, -0.25) is 0 Å². The summed E-state index contributed by atoms with van der Waals surface area (Å²) in [4.78, 5) is 2.61. The zero-order valence-corrected chi connectivity index (χ0v) is 41.7. The number of anilines is 3. The van der Waals surface area contributed by atoms with Crippen molar-refractivity contribution in [3.8, 4) is 55.9 Å². The van der Waals surface area contributed by atoms with Gasteiger partial charge in [0, 0.05) is 66.0 Å². The minimum Gasteiger partial charge on any atom is -0.454 e. The fourth-order valence-electron chi connectivity index (χ4n) is 13.5. The highest BCUT2D eigenvalue weighted by Crippen LogP contribution is 2.52. The van der Waals surface area contributed by atoms with Gasteiger partial charge in [0.2, 0.25) is 0 Å². The van der Waals surface area contributed by atoms with Crippen LogP contribution in [-0.2, 0) is 0 Å². The van der Waals surface area contributed by atoms with E-state index in [9.17, 15) is 0 Å². The molecule has 0 spiro atoms. The van der Waals surface area contributed by atoms with Crippen LogP contribution in [0.4, 0.5) is 17.1 Å². The van der Waals surface area contributed by atoms with Gasteiger partial charge in [-0.15, -0.1) is 0 Å². The first-order chi connectivity index (χ1) is 38.2. The Balaban J connectivity index is 1.05. The van der Waals surface area contributed by atoms with E-state index < -0.39 is 0 Å². The molecule has 3 aromatic heterocycles. The Morgan fingerprint density at radius 2 is 0.818 bits per heavy atom. The Bertz CT molecular complexity index is 4790. The van der Waals surface area contributed by atoms with Crippen LogP contribution in [0.2, 0.25) is 0 Å². The van der Waals surface area contributed by atoms with Crippen molar-refractivity contribution in [2.24, 2.45) is 0 Å². The lowest BCUT2D eigenvalue weighted by atomic mass is 9.33.